The lowest BCUT2D eigenvalue weighted by Gasteiger charge is -2.14. The third kappa shape index (κ3) is 3.25. The van der Waals surface area contributed by atoms with E-state index >= 15 is 0 Å². The second-order valence-corrected chi connectivity index (χ2v) is 5.85. The largest absolute Gasteiger partial charge is 0.306 e. The highest BCUT2D eigenvalue weighted by atomic mass is 79.9. The molecule has 0 radical (unpaired) electrons. The topological polar surface area (TPSA) is 29.9 Å². The van der Waals surface area contributed by atoms with Gasteiger partial charge in [-0.15, -0.1) is 0 Å². The van der Waals surface area contributed by atoms with Crippen LogP contribution in [-0.4, -0.2) is 9.78 Å². The van der Waals surface area contributed by atoms with Crippen LogP contribution in [0.1, 0.15) is 35.3 Å². The van der Waals surface area contributed by atoms with Gasteiger partial charge in [0, 0.05) is 35.4 Å². The lowest BCUT2D eigenvalue weighted by atomic mass is 10.1. The summed E-state index contributed by atoms with van der Waals surface area (Å²) in [5.74, 6) is 0. The minimum Gasteiger partial charge on any atom is -0.306 e. The van der Waals surface area contributed by atoms with Crippen molar-refractivity contribution in [1.82, 2.24) is 15.1 Å². The molecule has 1 aromatic heterocycles. The average Bonchev–Trinajstić information content (AvgIpc) is 2.71. The van der Waals surface area contributed by atoms with Gasteiger partial charge >= 0.3 is 0 Å². The molecule has 2 rings (SSSR count). The number of aromatic nitrogens is 2. The van der Waals surface area contributed by atoms with E-state index in [4.69, 9.17) is 0 Å². The Balaban J connectivity index is 2.02. The lowest BCUT2D eigenvalue weighted by molar-refractivity contribution is 0.570. The van der Waals surface area contributed by atoms with Crippen LogP contribution in [0.2, 0.25) is 0 Å². The zero-order valence-corrected chi connectivity index (χ0v) is 13.5. The fourth-order valence-corrected chi connectivity index (χ4v) is 2.49. The van der Waals surface area contributed by atoms with Gasteiger partial charge < -0.3 is 5.32 Å². The maximum atomic E-state index is 4.29. The summed E-state index contributed by atoms with van der Waals surface area (Å²) in [5, 5.41) is 7.83. The average molecular weight is 322 g/mol. The van der Waals surface area contributed by atoms with Crippen molar-refractivity contribution in [2.45, 2.75) is 33.4 Å². The van der Waals surface area contributed by atoms with Crippen molar-refractivity contribution in [2.24, 2.45) is 7.05 Å². The first-order chi connectivity index (χ1) is 8.99. The first-order valence-electron chi connectivity index (χ1n) is 6.46. The highest BCUT2D eigenvalue weighted by Gasteiger charge is 2.11. The molecule has 102 valence electrons. The van der Waals surface area contributed by atoms with Crippen LogP contribution in [0.25, 0.3) is 0 Å². The molecular weight excluding hydrogens is 302 g/mol. The van der Waals surface area contributed by atoms with Crippen LogP contribution in [0.3, 0.4) is 0 Å². The van der Waals surface area contributed by atoms with Gasteiger partial charge in [-0.2, -0.15) is 5.10 Å². The zero-order chi connectivity index (χ0) is 14.0. The van der Waals surface area contributed by atoms with E-state index in [2.05, 4.69) is 65.3 Å². The fraction of sp³-hybridized carbons (Fsp3) is 0.400. The monoisotopic (exact) mass is 321 g/mol. The number of rotatable bonds is 4. The molecule has 2 aromatic rings. The molecule has 0 bridgehead atoms. The number of nitrogens with zero attached hydrogens (tertiary/aromatic N) is 2. The first kappa shape index (κ1) is 14.3. The van der Waals surface area contributed by atoms with E-state index in [1.165, 1.54) is 22.4 Å². The van der Waals surface area contributed by atoms with Crippen molar-refractivity contribution in [3.05, 3.63) is 51.3 Å². The molecular formula is C15H20BrN3. The Hall–Kier alpha value is -1.13. The van der Waals surface area contributed by atoms with E-state index in [9.17, 15) is 0 Å². The van der Waals surface area contributed by atoms with Crippen LogP contribution >= 0.6 is 15.9 Å². The second kappa shape index (κ2) is 5.88. The Bertz CT molecular complexity index is 575. The van der Waals surface area contributed by atoms with Crippen molar-refractivity contribution in [3.63, 3.8) is 0 Å². The van der Waals surface area contributed by atoms with E-state index in [1.807, 2.05) is 17.9 Å². The van der Waals surface area contributed by atoms with Gasteiger partial charge in [0.1, 0.15) is 0 Å². The first-order valence-corrected chi connectivity index (χ1v) is 7.25. The molecule has 0 fully saturated rings. The number of hydrogen-bond donors (Lipinski definition) is 1. The summed E-state index contributed by atoms with van der Waals surface area (Å²) < 4.78 is 3.08. The quantitative estimate of drug-likeness (QED) is 0.931. The molecule has 19 heavy (non-hydrogen) atoms. The molecule has 0 amide bonds. The van der Waals surface area contributed by atoms with Crippen molar-refractivity contribution < 1.29 is 0 Å². The summed E-state index contributed by atoms with van der Waals surface area (Å²) in [6.45, 7) is 7.23. The standard InChI is InChI=1S/C15H20BrN3/c1-10-5-6-13(7-15(10)16)8-17-11(2)14-9-18-19(4)12(14)3/h5-7,9,11,17H,8H2,1-4H3. The van der Waals surface area contributed by atoms with Gasteiger partial charge in [-0.3, -0.25) is 4.68 Å². The molecule has 1 N–H and O–H groups in total. The van der Waals surface area contributed by atoms with Crippen LogP contribution in [0.4, 0.5) is 0 Å². The lowest BCUT2D eigenvalue weighted by Crippen LogP contribution is -2.18. The molecule has 0 spiro atoms. The number of hydrogen-bond acceptors (Lipinski definition) is 2. The van der Waals surface area contributed by atoms with Gasteiger partial charge in [-0.05, 0) is 38.0 Å². The van der Waals surface area contributed by atoms with Crippen LogP contribution in [0.15, 0.2) is 28.9 Å². The molecule has 1 unspecified atom stereocenters. The summed E-state index contributed by atoms with van der Waals surface area (Å²) >= 11 is 3.57. The Morgan fingerprint density at radius 1 is 1.37 bits per heavy atom. The SMILES string of the molecule is Cc1ccc(CNC(C)c2cnn(C)c2C)cc1Br. The molecule has 3 nitrogen and oxygen atoms in total. The van der Waals surface area contributed by atoms with Gasteiger partial charge in [0.2, 0.25) is 0 Å². The minimum absolute atomic E-state index is 0.300. The Kier molecular flexibility index (Phi) is 4.42. The highest BCUT2D eigenvalue weighted by molar-refractivity contribution is 9.10. The van der Waals surface area contributed by atoms with Crippen LogP contribution < -0.4 is 5.32 Å². The van der Waals surface area contributed by atoms with Gasteiger partial charge in [0.05, 0.1) is 6.20 Å². The third-order valence-corrected chi connectivity index (χ3v) is 4.44. The normalized spacial score (nSPS) is 12.7. The van der Waals surface area contributed by atoms with E-state index in [0.717, 1.165) is 11.0 Å². The number of benzene rings is 1. The Labute approximate surface area is 123 Å². The van der Waals surface area contributed by atoms with Crippen LogP contribution in [0, 0.1) is 13.8 Å². The maximum Gasteiger partial charge on any atom is 0.0540 e. The summed E-state index contributed by atoms with van der Waals surface area (Å²) in [7, 11) is 1.97. The fourth-order valence-electron chi connectivity index (χ4n) is 2.07. The minimum atomic E-state index is 0.300. The number of nitrogens with one attached hydrogen (secondary N) is 1. The third-order valence-electron chi connectivity index (χ3n) is 3.59. The molecule has 4 heteroatoms. The Morgan fingerprint density at radius 3 is 2.68 bits per heavy atom. The van der Waals surface area contributed by atoms with Crippen LogP contribution in [-0.2, 0) is 13.6 Å². The van der Waals surface area contributed by atoms with Crippen molar-refractivity contribution >= 4 is 15.9 Å². The van der Waals surface area contributed by atoms with E-state index in [-0.39, 0.29) is 0 Å². The molecule has 0 aliphatic heterocycles. The maximum absolute atomic E-state index is 4.29. The molecule has 0 saturated carbocycles. The molecule has 1 atom stereocenters. The van der Waals surface area contributed by atoms with Gasteiger partial charge in [-0.1, -0.05) is 28.1 Å². The van der Waals surface area contributed by atoms with Crippen molar-refractivity contribution in [1.29, 1.82) is 0 Å². The van der Waals surface area contributed by atoms with Gasteiger partial charge in [0.15, 0.2) is 0 Å². The predicted molar refractivity (Wildman–Crippen MR) is 82.1 cm³/mol. The summed E-state index contributed by atoms with van der Waals surface area (Å²) in [4.78, 5) is 0. The summed E-state index contributed by atoms with van der Waals surface area (Å²) in [6, 6.07) is 6.77. The zero-order valence-electron chi connectivity index (χ0n) is 11.9. The van der Waals surface area contributed by atoms with Gasteiger partial charge in [0.25, 0.3) is 0 Å². The van der Waals surface area contributed by atoms with E-state index in [0.29, 0.717) is 6.04 Å². The highest BCUT2D eigenvalue weighted by Crippen LogP contribution is 2.19. The molecule has 0 aliphatic carbocycles. The molecule has 1 heterocycles. The predicted octanol–water partition coefficient (Wildman–Crippen LogP) is 3.65. The Morgan fingerprint density at radius 2 is 2.11 bits per heavy atom. The van der Waals surface area contributed by atoms with Crippen LogP contribution in [0.5, 0.6) is 0 Å². The smallest absolute Gasteiger partial charge is 0.0540 e. The number of halogens is 1. The summed E-state index contributed by atoms with van der Waals surface area (Å²) in [5.41, 5.74) is 5.02. The second-order valence-electron chi connectivity index (χ2n) is 5.00. The van der Waals surface area contributed by atoms with Crippen molar-refractivity contribution in [3.8, 4) is 0 Å². The molecule has 0 saturated heterocycles. The van der Waals surface area contributed by atoms with Crippen molar-refractivity contribution in [2.75, 3.05) is 0 Å². The number of aryl methyl sites for hydroxylation is 2. The van der Waals surface area contributed by atoms with E-state index < -0.39 is 0 Å². The van der Waals surface area contributed by atoms with Gasteiger partial charge in [-0.25, -0.2) is 0 Å². The summed E-state index contributed by atoms with van der Waals surface area (Å²) in [6.07, 6.45) is 1.94. The molecule has 1 aromatic carbocycles. The molecule has 0 aliphatic rings. The van der Waals surface area contributed by atoms with E-state index in [1.54, 1.807) is 0 Å².